The van der Waals surface area contributed by atoms with Crippen molar-refractivity contribution in [2.75, 3.05) is 39.6 Å². The number of aliphatic hydroxyl groups is 1. The number of carbonyl (C=O) groups excluding carboxylic acids is 4. The van der Waals surface area contributed by atoms with Gasteiger partial charge in [-0.15, -0.1) is 0 Å². The maximum absolute atomic E-state index is 13.1. The summed E-state index contributed by atoms with van der Waals surface area (Å²) < 4.78 is 68.4. The third-order valence-electron chi connectivity index (χ3n) is 17.5. The summed E-state index contributed by atoms with van der Waals surface area (Å²) in [7, 11) is -9.91. The number of rotatable bonds is 74. The van der Waals surface area contributed by atoms with E-state index < -0.39 is 97.5 Å². The Morgan fingerprint density at radius 3 is 0.723 bits per heavy atom. The van der Waals surface area contributed by atoms with Crippen LogP contribution in [0.4, 0.5) is 0 Å². The molecule has 0 aliphatic carbocycles. The van der Waals surface area contributed by atoms with E-state index in [1.807, 2.05) is 0 Å². The smallest absolute Gasteiger partial charge is 0.462 e. The maximum atomic E-state index is 13.1. The topological polar surface area (TPSA) is 237 Å². The van der Waals surface area contributed by atoms with Gasteiger partial charge in [0.2, 0.25) is 0 Å². The summed E-state index contributed by atoms with van der Waals surface area (Å²) in [6.07, 6.45) is 54.4. The fourth-order valence-electron chi connectivity index (χ4n) is 11.5. The van der Waals surface area contributed by atoms with Gasteiger partial charge < -0.3 is 33.8 Å². The van der Waals surface area contributed by atoms with Crippen molar-refractivity contribution < 1.29 is 80.2 Å². The Balaban J connectivity index is 5.22. The molecule has 0 spiro atoms. The minimum Gasteiger partial charge on any atom is -0.462 e. The molecule has 0 rings (SSSR count). The van der Waals surface area contributed by atoms with Crippen molar-refractivity contribution in [3.63, 3.8) is 0 Å². The Morgan fingerprint density at radius 2 is 0.489 bits per heavy atom. The van der Waals surface area contributed by atoms with Gasteiger partial charge in [-0.2, -0.15) is 0 Å². The Labute approximate surface area is 575 Å². The Bertz CT molecular complexity index is 1820. The highest BCUT2D eigenvalue weighted by molar-refractivity contribution is 7.47. The van der Waals surface area contributed by atoms with Crippen molar-refractivity contribution in [2.24, 2.45) is 11.8 Å². The van der Waals surface area contributed by atoms with E-state index in [4.69, 9.17) is 37.0 Å². The van der Waals surface area contributed by atoms with Gasteiger partial charge in [0.15, 0.2) is 12.2 Å². The normalized spacial score (nSPS) is 14.0. The molecule has 94 heavy (non-hydrogen) atoms. The largest absolute Gasteiger partial charge is 0.472 e. The molecule has 0 heterocycles. The Kier molecular flexibility index (Phi) is 65.5. The van der Waals surface area contributed by atoms with Gasteiger partial charge >= 0.3 is 39.5 Å². The summed E-state index contributed by atoms with van der Waals surface area (Å²) >= 11 is 0. The summed E-state index contributed by atoms with van der Waals surface area (Å²) in [4.78, 5) is 72.7. The Morgan fingerprint density at radius 1 is 0.287 bits per heavy atom. The standard InChI is InChI=1S/C75H146O17P2/c1-7-9-11-13-15-17-19-21-23-25-27-29-31-33-39-45-51-57-72(77)85-63-70(91-74(79)59-53-47-40-34-32-30-28-26-24-22-20-18-16-14-12-10-8-2)65-89-93(81,82)87-61-69(76)62-88-94(83,84)90-66-71(92-75(80)60-54-48-42-36-38-44-50-56-68(5)6)64-86-73(78)58-52-46-41-35-37-43-49-55-67(3)4/h67-71,76H,7-66H2,1-6H3,(H,81,82)(H,83,84)/t69-,70-,71-/m1/s1. The van der Waals surface area contributed by atoms with Gasteiger partial charge in [-0.25, -0.2) is 9.13 Å². The lowest BCUT2D eigenvalue weighted by molar-refractivity contribution is -0.161. The number of hydrogen-bond acceptors (Lipinski definition) is 15. The molecule has 17 nitrogen and oxygen atoms in total. The molecule has 2 unspecified atom stereocenters. The second-order valence-corrected chi connectivity index (χ2v) is 30.9. The van der Waals surface area contributed by atoms with Crippen LogP contribution in [-0.4, -0.2) is 96.7 Å². The van der Waals surface area contributed by atoms with E-state index >= 15 is 0 Å². The number of esters is 4. The third kappa shape index (κ3) is 68.6. The monoisotopic (exact) mass is 1380 g/mol. The molecule has 0 fully saturated rings. The predicted octanol–water partition coefficient (Wildman–Crippen LogP) is 21.9. The summed E-state index contributed by atoms with van der Waals surface area (Å²) in [5, 5.41) is 10.6. The molecule has 0 bridgehead atoms. The number of hydrogen-bond donors (Lipinski definition) is 3. The van der Waals surface area contributed by atoms with Crippen LogP contribution in [0, 0.1) is 11.8 Å². The minimum absolute atomic E-state index is 0.103. The van der Waals surface area contributed by atoms with E-state index in [1.165, 1.54) is 199 Å². The van der Waals surface area contributed by atoms with E-state index in [9.17, 15) is 43.2 Å². The molecule has 0 amide bonds. The number of unbranched alkanes of at least 4 members (excludes halogenated alkanes) is 44. The van der Waals surface area contributed by atoms with Crippen LogP contribution < -0.4 is 0 Å². The third-order valence-corrected chi connectivity index (χ3v) is 19.4. The van der Waals surface area contributed by atoms with Crippen molar-refractivity contribution in [3.8, 4) is 0 Å². The average Bonchev–Trinajstić information content (AvgIpc) is 1.68. The average molecular weight is 1380 g/mol. The molecule has 0 saturated carbocycles. The van der Waals surface area contributed by atoms with Crippen molar-refractivity contribution in [3.05, 3.63) is 0 Å². The molecule has 0 radical (unpaired) electrons. The van der Waals surface area contributed by atoms with E-state index in [0.29, 0.717) is 37.5 Å². The van der Waals surface area contributed by atoms with Crippen LogP contribution in [0.25, 0.3) is 0 Å². The first-order valence-corrected chi connectivity index (χ1v) is 42.0. The highest BCUT2D eigenvalue weighted by Crippen LogP contribution is 2.45. The lowest BCUT2D eigenvalue weighted by Gasteiger charge is -2.21. The van der Waals surface area contributed by atoms with Crippen LogP contribution in [0.5, 0.6) is 0 Å². The lowest BCUT2D eigenvalue weighted by atomic mass is 10.0. The first-order chi connectivity index (χ1) is 45.4. The molecule has 0 aliphatic rings. The van der Waals surface area contributed by atoms with Gasteiger partial charge in [0.05, 0.1) is 26.4 Å². The highest BCUT2D eigenvalue weighted by Gasteiger charge is 2.30. The van der Waals surface area contributed by atoms with Crippen LogP contribution in [0.3, 0.4) is 0 Å². The summed E-state index contributed by atoms with van der Waals surface area (Å²) in [5.74, 6) is -0.719. The van der Waals surface area contributed by atoms with Gasteiger partial charge in [0, 0.05) is 25.7 Å². The van der Waals surface area contributed by atoms with E-state index in [2.05, 4.69) is 41.5 Å². The fraction of sp³-hybridized carbons (Fsp3) is 0.947. The molecule has 0 aromatic carbocycles. The van der Waals surface area contributed by atoms with E-state index in [0.717, 1.165) is 96.3 Å². The molecule has 0 aliphatic heterocycles. The van der Waals surface area contributed by atoms with Crippen molar-refractivity contribution in [2.45, 2.75) is 407 Å². The van der Waals surface area contributed by atoms with Gasteiger partial charge in [0.25, 0.3) is 0 Å². The van der Waals surface area contributed by atoms with Crippen LogP contribution in [0.2, 0.25) is 0 Å². The lowest BCUT2D eigenvalue weighted by Crippen LogP contribution is -2.30. The summed E-state index contributed by atoms with van der Waals surface area (Å²) in [6, 6.07) is 0. The zero-order chi connectivity index (χ0) is 69.3. The predicted molar refractivity (Wildman–Crippen MR) is 381 cm³/mol. The summed E-state index contributed by atoms with van der Waals surface area (Å²) in [5.41, 5.74) is 0. The number of phosphoric ester groups is 2. The van der Waals surface area contributed by atoms with Gasteiger partial charge in [-0.1, -0.05) is 337 Å². The van der Waals surface area contributed by atoms with Crippen molar-refractivity contribution in [1.82, 2.24) is 0 Å². The molecule has 3 N–H and O–H groups in total. The zero-order valence-electron chi connectivity index (χ0n) is 61.3. The highest BCUT2D eigenvalue weighted by atomic mass is 31.2. The quantitative estimate of drug-likeness (QED) is 0.0222. The zero-order valence-corrected chi connectivity index (χ0v) is 63.1. The Hall–Kier alpha value is -1.94. The molecule has 0 saturated heterocycles. The second-order valence-electron chi connectivity index (χ2n) is 28.0. The maximum Gasteiger partial charge on any atom is 0.472 e. The molecular formula is C75H146O17P2. The minimum atomic E-state index is -4.96. The van der Waals surface area contributed by atoms with Crippen LogP contribution in [0.15, 0.2) is 0 Å². The number of phosphoric acid groups is 2. The number of carbonyl (C=O) groups is 4. The van der Waals surface area contributed by atoms with Crippen molar-refractivity contribution >= 4 is 39.5 Å². The number of aliphatic hydroxyl groups excluding tert-OH is 1. The molecular weight excluding hydrogens is 1230 g/mol. The molecule has 19 heteroatoms. The van der Waals surface area contributed by atoms with Crippen LogP contribution >= 0.6 is 15.6 Å². The van der Waals surface area contributed by atoms with E-state index in [-0.39, 0.29) is 25.7 Å². The SMILES string of the molecule is CCCCCCCCCCCCCCCCCCCC(=O)OC[C@H](COP(=O)(O)OC[C@@H](O)COP(=O)(O)OC[C@@H](COC(=O)CCCCCCCCCC(C)C)OC(=O)CCCCCCCCCC(C)C)OC(=O)CCCCCCCCCCCCCCCCCCC. The van der Waals surface area contributed by atoms with Crippen molar-refractivity contribution in [1.29, 1.82) is 0 Å². The van der Waals surface area contributed by atoms with Gasteiger partial charge in [-0.3, -0.25) is 37.3 Å². The first kappa shape index (κ1) is 92.1. The van der Waals surface area contributed by atoms with Gasteiger partial charge in [0.1, 0.15) is 19.3 Å². The van der Waals surface area contributed by atoms with Gasteiger partial charge in [-0.05, 0) is 37.5 Å². The number of ether oxygens (including phenoxy) is 4. The first-order valence-electron chi connectivity index (χ1n) is 39.0. The summed E-state index contributed by atoms with van der Waals surface area (Å²) in [6.45, 7) is 9.47. The van der Waals surface area contributed by atoms with E-state index in [1.54, 1.807) is 0 Å². The fourth-order valence-corrected chi connectivity index (χ4v) is 13.1. The molecule has 558 valence electrons. The van der Waals surface area contributed by atoms with Crippen LogP contribution in [-0.2, 0) is 65.4 Å². The molecule has 0 aromatic heterocycles. The van der Waals surface area contributed by atoms with Crippen LogP contribution in [0.1, 0.15) is 388 Å². The second kappa shape index (κ2) is 66.9. The molecule has 0 aromatic rings. The molecule has 5 atom stereocenters.